The van der Waals surface area contributed by atoms with Crippen molar-refractivity contribution >= 4 is 66.7 Å². The highest BCUT2D eigenvalue weighted by molar-refractivity contribution is 9.10. The number of halogens is 1. The molecule has 5 rings (SSSR count). The van der Waals surface area contributed by atoms with E-state index in [1.54, 1.807) is 6.07 Å². The van der Waals surface area contributed by atoms with Crippen LogP contribution in [-0.2, 0) is 5.41 Å². The van der Waals surface area contributed by atoms with Crippen LogP contribution < -0.4 is 15.4 Å². The summed E-state index contributed by atoms with van der Waals surface area (Å²) in [5.41, 5.74) is 4.61. The molecule has 0 radical (unpaired) electrons. The number of aromatic nitrogens is 1. The van der Waals surface area contributed by atoms with Gasteiger partial charge in [0.15, 0.2) is 10.7 Å². The van der Waals surface area contributed by atoms with Crippen LogP contribution in [0.25, 0.3) is 33.3 Å². The number of hydrogen-bond donors (Lipinski definition) is 2. The maximum atomic E-state index is 13.1. The second-order valence-corrected chi connectivity index (χ2v) is 11.1. The maximum Gasteiger partial charge on any atom is 0.261 e. The molecule has 0 fully saturated rings. The minimum atomic E-state index is -0.380. The average Bonchev–Trinajstić information content (AvgIpc) is 3.31. The van der Waals surface area contributed by atoms with E-state index in [1.165, 1.54) is 12.7 Å². The van der Waals surface area contributed by atoms with E-state index >= 15 is 0 Å². The van der Waals surface area contributed by atoms with Crippen molar-refractivity contribution in [2.75, 3.05) is 12.4 Å². The summed E-state index contributed by atoms with van der Waals surface area (Å²) in [5.74, 6) is 0.604. The minimum Gasteiger partial charge on any atom is -0.495 e. The predicted octanol–water partition coefficient (Wildman–Crippen LogP) is 7.84. The van der Waals surface area contributed by atoms with Gasteiger partial charge < -0.3 is 14.5 Å². The van der Waals surface area contributed by atoms with Gasteiger partial charge in [0.05, 0.1) is 17.1 Å². The first-order valence-corrected chi connectivity index (χ1v) is 13.2. The van der Waals surface area contributed by atoms with Crippen molar-refractivity contribution in [3.8, 4) is 17.2 Å². The lowest BCUT2D eigenvalue weighted by Crippen LogP contribution is -2.34. The molecular weight excluding hydrogens is 562 g/mol. The molecule has 38 heavy (non-hydrogen) atoms. The van der Waals surface area contributed by atoms with Crippen LogP contribution in [0.4, 0.5) is 5.69 Å². The second-order valence-electron chi connectivity index (χ2n) is 9.93. The van der Waals surface area contributed by atoms with E-state index in [0.29, 0.717) is 38.5 Å². The molecule has 1 aromatic heterocycles. The number of benzene rings is 4. The van der Waals surface area contributed by atoms with Crippen molar-refractivity contribution < 1.29 is 13.9 Å². The molecule has 6 nitrogen and oxygen atoms in total. The summed E-state index contributed by atoms with van der Waals surface area (Å²) in [4.78, 5) is 17.8. The number of methoxy groups -OCH3 is 1. The summed E-state index contributed by atoms with van der Waals surface area (Å²) in [6.07, 6.45) is 0. The van der Waals surface area contributed by atoms with Crippen LogP contribution in [0.15, 0.2) is 81.7 Å². The highest BCUT2D eigenvalue weighted by atomic mass is 79.9. The number of rotatable bonds is 4. The second kappa shape index (κ2) is 10.2. The number of nitrogens with zero attached hydrogens (tertiary/aromatic N) is 1. The summed E-state index contributed by atoms with van der Waals surface area (Å²) < 4.78 is 12.2. The van der Waals surface area contributed by atoms with Crippen molar-refractivity contribution in [3.05, 3.63) is 88.4 Å². The molecule has 0 saturated carbocycles. The Kier molecular flexibility index (Phi) is 6.94. The predicted molar refractivity (Wildman–Crippen MR) is 160 cm³/mol. The van der Waals surface area contributed by atoms with Gasteiger partial charge in [-0.2, -0.15) is 0 Å². The van der Waals surface area contributed by atoms with Crippen LogP contribution >= 0.6 is 28.1 Å². The van der Waals surface area contributed by atoms with Crippen LogP contribution in [0.3, 0.4) is 0 Å². The standard InChI is InChI=1S/C30H26BrN3O3S/c1-30(2,3)19-11-9-17(10-12-19)28-33-23-16-20(13-14-24(23)37-28)32-29(38)34-27(35)22-15-18-7-5-6-8-21(18)25(31)26(22)36-4/h5-16H,1-4H3,(H2,32,34,35,38). The van der Waals surface area contributed by atoms with Crippen molar-refractivity contribution in [2.45, 2.75) is 26.2 Å². The van der Waals surface area contributed by atoms with Crippen molar-refractivity contribution in [2.24, 2.45) is 0 Å². The fourth-order valence-electron chi connectivity index (χ4n) is 4.23. The monoisotopic (exact) mass is 587 g/mol. The van der Waals surface area contributed by atoms with Crippen molar-refractivity contribution in [3.63, 3.8) is 0 Å². The Bertz CT molecular complexity index is 1690. The zero-order chi connectivity index (χ0) is 27.0. The van der Waals surface area contributed by atoms with Crippen molar-refractivity contribution in [1.29, 1.82) is 0 Å². The molecule has 1 heterocycles. The number of ether oxygens (including phenoxy) is 1. The van der Waals surface area contributed by atoms with Crippen LogP contribution in [0.5, 0.6) is 5.75 Å². The fourth-order valence-corrected chi connectivity index (χ4v) is 5.17. The van der Waals surface area contributed by atoms with Crippen LogP contribution in [0.2, 0.25) is 0 Å². The molecular formula is C30H26BrN3O3S. The highest BCUT2D eigenvalue weighted by Crippen LogP contribution is 2.36. The first-order chi connectivity index (χ1) is 18.1. The van der Waals surface area contributed by atoms with Gasteiger partial charge in [-0.05, 0) is 86.3 Å². The van der Waals surface area contributed by atoms with Gasteiger partial charge >= 0.3 is 0 Å². The summed E-state index contributed by atoms with van der Waals surface area (Å²) in [6, 6.07) is 23.3. The van der Waals surface area contributed by atoms with E-state index < -0.39 is 0 Å². The molecule has 0 aliphatic heterocycles. The molecule has 0 aliphatic carbocycles. The van der Waals surface area contributed by atoms with E-state index in [-0.39, 0.29) is 16.4 Å². The van der Waals surface area contributed by atoms with E-state index in [2.05, 4.69) is 64.5 Å². The number of nitrogens with one attached hydrogen (secondary N) is 2. The zero-order valence-corrected chi connectivity index (χ0v) is 23.8. The molecule has 2 N–H and O–H groups in total. The number of anilines is 1. The van der Waals surface area contributed by atoms with Crippen molar-refractivity contribution in [1.82, 2.24) is 10.3 Å². The largest absolute Gasteiger partial charge is 0.495 e. The smallest absolute Gasteiger partial charge is 0.261 e. The Hall–Kier alpha value is -3.75. The lowest BCUT2D eigenvalue weighted by atomic mass is 9.87. The number of amides is 1. The highest BCUT2D eigenvalue weighted by Gasteiger charge is 2.19. The number of carbonyl (C=O) groups excluding carboxylic acids is 1. The molecule has 192 valence electrons. The SMILES string of the molecule is COc1c(C(=O)NC(=S)Nc2ccc3oc(-c4ccc(C(C)(C)C)cc4)nc3c2)cc2ccccc2c1Br. The molecule has 4 aromatic carbocycles. The Morgan fingerprint density at radius 1 is 1.03 bits per heavy atom. The first kappa shape index (κ1) is 25.9. The molecule has 0 unspecified atom stereocenters. The Morgan fingerprint density at radius 2 is 1.76 bits per heavy atom. The lowest BCUT2D eigenvalue weighted by molar-refractivity contribution is 0.0975. The third kappa shape index (κ3) is 5.14. The summed E-state index contributed by atoms with van der Waals surface area (Å²) in [7, 11) is 1.53. The van der Waals surface area contributed by atoms with Gasteiger partial charge in [-0.3, -0.25) is 10.1 Å². The summed E-state index contributed by atoms with van der Waals surface area (Å²) in [6.45, 7) is 6.54. The topological polar surface area (TPSA) is 76.4 Å². The average molecular weight is 589 g/mol. The van der Waals surface area contributed by atoms with Crippen LogP contribution in [0.1, 0.15) is 36.7 Å². The molecule has 5 aromatic rings. The Morgan fingerprint density at radius 3 is 2.47 bits per heavy atom. The molecule has 0 saturated heterocycles. The van der Waals surface area contributed by atoms with Crippen LogP contribution in [-0.4, -0.2) is 23.1 Å². The lowest BCUT2D eigenvalue weighted by Gasteiger charge is -2.18. The summed E-state index contributed by atoms with van der Waals surface area (Å²) in [5, 5.41) is 7.82. The third-order valence-corrected chi connectivity index (χ3v) is 7.25. The summed E-state index contributed by atoms with van der Waals surface area (Å²) >= 11 is 8.99. The van der Waals surface area contributed by atoms with Gasteiger partial charge in [0.1, 0.15) is 11.3 Å². The molecule has 0 spiro atoms. The normalized spacial score (nSPS) is 11.5. The molecule has 1 amide bonds. The van der Waals surface area contributed by atoms with Crippen LogP contribution in [0, 0.1) is 0 Å². The van der Waals surface area contributed by atoms with E-state index in [1.807, 2.05) is 54.6 Å². The Labute approximate surface area is 234 Å². The number of thiocarbonyl (C=S) groups is 1. The molecule has 0 aliphatic rings. The van der Waals surface area contributed by atoms with Gasteiger partial charge in [-0.1, -0.05) is 57.2 Å². The first-order valence-electron chi connectivity index (χ1n) is 12.0. The minimum absolute atomic E-state index is 0.0736. The quantitative estimate of drug-likeness (QED) is 0.208. The number of hydrogen-bond acceptors (Lipinski definition) is 5. The van der Waals surface area contributed by atoms with Gasteiger partial charge in [-0.25, -0.2) is 4.98 Å². The zero-order valence-electron chi connectivity index (χ0n) is 21.4. The fraction of sp³-hybridized carbons (Fsp3) is 0.167. The van der Waals surface area contributed by atoms with Gasteiger partial charge in [0.25, 0.3) is 5.91 Å². The number of oxazole rings is 1. The maximum absolute atomic E-state index is 13.1. The molecule has 0 atom stereocenters. The Balaban J connectivity index is 1.33. The molecule has 8 heteroatoms. The third-order valence-electron chi connectivity index (χ3n) is 6.26. The van der Waals surface area contributed by atoms with E-state index in [4.69, 9.17) is 21.4 Å². The van der Waals surface area contributed by atoms with Gasteiger partial charge in [-0.15, -0.1) is 0 Å². The van der Waals surface area contributed by atoms with Gasteiger partial charge in [0, 0.05) is 11.3 Å². The molecule has 0 bridgehead atoms. The number of fused-ring (bicyclic) bond motifs is 2. The van der Waals surface area contributed by atoms with Gasteiger partial charge in [0.2, 0.25) is 5.89 Å². The van der Waals surface area contributed by atoms with E-state index in [9.17, 15) is 4.79 Å². The number of carbonyl (C=O) groups is 1. The van der Waals surface area contributed by atoms with E-state index in [0.717, 1.165) is 16.3 Å².